The zero-order chi connectivity index (χ0) is 25.4. The molecule has 0 saturated heterocycles. The lowest BCUT2D eigenvalue weighted by Crippen LogP contribution is -2.26. The lowest BCUT2D eigenvalue weighted by atomic mass is 10.1. The number of benzene rings is 3. The predicted octanol–water partition coefficient (Wildman–Crippen LogP) is 7.52. The molecule has 0 aliphatic heterocycles. The molecule has 4 nitrogen and oxygen atoms in total. The lowest BCUT2D eigenvalue weighted by molar-refractivity contribution is -0.137. The molecule has 0 fully saturated rings. The number of thioether (sulfide) groups is 1. The van der Waals surface area contributed by atoms with Crippen LogP contribution in [-0.2, 0) is 15.8 Å². The largest absolute Gasteiger partial charge is 0.418 e. The highest BCUT2D eigenvalue weighted by Gasteiger charge is 2.34. The quantitative estimate of drug-likeness (QED) is 0.239. The van der Waals surface area contributed by atoms with E-state index < -0.39 is 22.9 Å². The van der Waals surface area contributed by atoms with E-state index in [0.717, 1.165) is 17.7 Å². The summed E-state index contributed by atoms with van der Waals surface area (Å²) in [5.74, 6) is -0.881. The Kier molecular flexibility index (Phi) is 9.01. The molecule has 182 valence electrons. The van der Waals surface area contributed by atoms with E-state index in [4.69, 9.17) is 11.6 Å². The van der Waals surface area contributed by atoms with Crippen LogP contribution >= 0.6 is 23.4 Å². The summed E-state index contributed by atoms with van der Waals surface area (Å²) in [5, 5.41) is 4.41. The summed E-state index contributed by atoms with van der Waals surface area (Å²) in [4.78, 5) is 25.7. The van der Waals surface area contributed by atoms with Gasteiger partial charge >= 0.3 is 6.18 Å². The van der Waals surface area contributed by atoms with Crippen LogP contribution < -0.4 is 10.6 Å². The molecule has 0 heterocycles. The number of alkyl halides is 3. The Balaban J connectivity index is 1.67. The van der Waals surface area contributed by atoms with Crippen molar-refractivity contribution in [2.75, 3.05) is 10.6 Å². The van der Waals surface area contributed by atoms with Crippen molar-refractivity contribution in [1.29, 1.82) is 0 Å². The third-order valence-electron chi connectivity index (χ3n) is 4.81. The van der Waals surface area contributed by atoms with E-state index in [1.807, 2.05) is 30.3 Å². The van der Waals surface area contributed by atoms with E-state index in [0.29, 0.717) is 17.0 Å². The highest BCUT2D eigenvalue weighted by molar-refractivity contribution is 8.00. The molecule has 9 heteroatoms. The van der Waals surface area contributed by atoms with Gasteiger partial charge in [-0.15, -0.1) is 11.8 Å². The van der Waals surface area contributed by atoms with Crippen molar-refractivity contribution in [3.8, 4) is 0 Å². The zero-order valence-corrected chi connectivity index (χ0v) is 20.2. The van der Waals surface area contributed by atoms with Gasteiger partial charge in [-0.3, -0.25) is 9.59 Å². The molecular weight excluding hydrogens is 497 g/mol. The van der Waals surface area contributed by atoms with Crippen molar-refractivity contribution in [2.24, 2.45) is 0 Å². The van der Waals surface area contributed by atoms with E-state index in [1.165, 1.54) is 23.9 Å². The lowest BCUT2D eigenvalue weighted by Gasteiger charge is -2.18. The molecule has 3 aromatic rings. The smallest absolute Gasteiger partial charge is 0.325 e. The summed E-state index contributed by atoms with van der Waals surface area (Å²) in [7, 11) is 0. The zero-order valence-electron chi connectivity index (χ0n) is 18.6. The molecule has 0 saturated carbocycles. The van der Waals surface area contributed by atoms with Crippen LogP contribution in [0.1, 0.15) is 24.5 Å². The average Bonchev–Trinajstić information content (AvgIpc) is 2.82. The van der Waals surface area contributed by atoms with Gasteiger partial charge in [0.15, 0.2) is 0 Å². The van der Waals surface area contributed by atoms with Crippen molar-refractivity contribution in [3.63, 3.8) is 0 Å². The number of carbonyl (C=O) groups excluding carboxylic acids is 2. The highest BCUT2D eigenvalue weighted by atomic mass is 35.5. The summed E-state index contributed by atoms with van der Waals surface area (Å²) < 4.78 is 40.1. The minimum Gasteiger partial charge on any atom is -0.325 e. The summed E-state index contributed by atoms with van der Waals surface area (Å²) in [6.45, 7) is 1.77. The number of hydrogen-bond acceptors (Lipinski definition) is 3. The fourth-order valence-corrected chi connectivity index (χ4v) is 4.31. The van der Waals surface area contributed by atoms with Crippen LogP contribution in [0.25, 0.3) is 6.08 Å². The van der Waals surface area contributed by atoms with Crippen LogP contribution in [0.15, 0.2) is 83.8 Å². The number of anilines is 2. The van der Waals surface area contributed by atoms with Gasteiger partial charge in [0, 0.05) is 21.7 Å². The number of halogens is 4. The second kappa shape index (κ2) is 12.0. The third-order valence-corrected chi connectivity index (χ3v) is 6.41. The van der Waals surface area contributed by atoms with E-state index in [1.54, 1.807) is 37.3 Å². The molecule has 0 spiro atoms. The molecule has 3 aromatic carbocycles. The first kappa shape index (κ1) is 26.4. The van der Waals surface area contributed by atoms with Gasteiger partial charge in [0.1, 0.15) is 0 Å². The molecule has 0 aliphatic carbocycles. The first-order valence-corrected chi connectivity index (χ1v) is 11.9. The number of amides is 2. The normalized spacial score (nSPS) is 12.4. The van der Waals surface area contributed by atoms with Gasteiger partial charge in [0.25, 0.3) is 0 Å². The third kappa shape index (κ3) is 7.90. The van der Waals surface area contributed by atoms with Gasteiger partial charge in [0.2, 0.25) is 11.8 Å². The van der Waals surface area contributed by atoms with Crippen molar-refractivity contribution >= 4 is 52.6 Å². The van der Waals surface area contributed by atoms with Gasteiger partial charge in [0.05, 0.1) is 16.5 Å². The summed E-state index contributed by atoms with van der Waals surface area (Å²) in [6, 6.07) is 19.5. The SMILES string of the molecule is CCC(Sc1cccc(NC(=O)/C=C/c2ccccc2)c1)C(=O)Nc1ccc(Cl)cc1C(F)(F)F. The molecule has 0 aliphatic rings. The molecule has 0 aromatic heterocycles. The number of hydrogen-bond donors (Lipinski definition) is 2. The Hall–Kier alpha value is -3.23. The van der Waals surface area contributed by atoms with Crippen molar-refractivity contribution < 1.29 is 22.8 Å². The maximum atomic E-state index is 13.4. The molecule has 0 radical (unpaired) electrons. The Morgan fingerprint density at radius 1 is 1.00 bits per heavy atom. The fourth-order valence-electron chi connectivity index (χ4n) is 3.13. The van der Waals surface area contributed by atoms with Crippen molar-refractivity contribution in [2.45, 2.75) is 29.7 Å². The second-order valence-electron chi connectivity index (χ2n) is 7.45. The van der Waals surface area contributed by atoms with Gasteiger partial charge in [-0.2, -0.15) is 13.2 Å². The van der Waals surface area contributed by atoms with Crippen LogP contribution in [0, 0.1) is 0 Å². The Bertz CT molecular complexity index is 1220. The first-order valence-electron chi connectivity index (χ1n) is 10.6. The molecule has 1 unspecified atom stereocenters. The van der Waals surface area contributed by atoms with Gasteiger partial charge < -0.3 is 10.6 Å². The Morgan fingerprint density at radius 3 is 2.43 bits per heavy atom. The number of nitrogens with one attached hydrogen (secondary N) is 2. The van der Waals surface area contributed by atoms with Crippen molar-refractivity contribution in [1.82, 2.24) is 0 Å². The van der Waals surface area contributed by atoms with Crippen LogP contribution in [0.3, 0.4) is 0 Å². The van der Waals surface area contributed by atoms with Crippen LogP contribution in [0.2, 0.25) is 5.02 Å². The van der Waals surface area contributed by atoms with Crippen LogP contribution in [0.5, 0.6) is 0 Å². The maximum Gasteiger partial charge on any atom is 0.418 e. The molecule has 1 atom stereocenters. The monoisotopic (exact) mass is 518 g/mol. The Morgan fingerprint density at radius 2 is 1.74 bits per heavy atom. The van der Waals surface area contributed by atoms with Crippen molar-refractivity contribution in [3.05, 3.63) is 95.0 Å². The van der Waals surface area contributed by atoms with E-state index in [9.17, 15) is 22.8 Å². The maximum absolute atomic E-state index is 13.4. The molecule has 3 rings (SSSR count). The molecule has 2 amide bonds. The molecule has 0 bridgehead atoms. The summed E-state index contributed by atoms with van der Waals surface area (Å²) in [6.07, 6.45) is -1.18. The van der Waals surface area contributed by atoms with Crippen LogP contribution in [-0.4, -0.2) is 17.1 Å². The van der Waals surface area contributed by atoms with E-state index in [-0.39, 0.29) is 16.6 Å². The van der Waals surface area contributed by atoms with Gasteiger partial charge in [-0.05, 0) is 54.5 Å². The molecule has 35 heavy (non-hydrogen) atoms. The second-order valence-corrected chi connectivity index (χ2v) is 9.17. The average molecular weight is 519 g/mol. The fraction of sp³-hybridized carbons (Fsp3) is 0.154. The summed E-state index contributed by atoms with van der Waals surface area (Å²) >= 11 is 6.90. The minimum atomic E-state index is -4.66. The summed E-state index contributed by atoms with van der Waals surface area (Å²) in [5.41, 5.74) is 0.0618. The van der Waals surface area contributed by atoms with E-state index >= 15 is 0 Å². The highest BCUT2D eigenvalue weighted by Crippen LogP contribution is 2.37. The first-order chi connectivity index (χ1) is 16.7. The topological polar surface area (TPSA) is 58.2 Å². The van der Waals surface area contributed by atoms with Crippen LogP contribution in [0.4, 0.5) is 24.5 Å². The number of rotatable bonds is 8. The molecule has 2 N–H and O–H groups in total. The minimum absolute atomic E-state index is 0.0748. The number of carbonyl (C=O) groups is 2. The van der Waals surface area contributed by atoms with Gasteiger partial charge in [-0.1, -0.05) is 54.9 Å². The Labute approximate surface area is 210 Å². The molecular formula is C26H22ClF3N2O2S. The predicted molar refractivity (Wildman–Crippen MR) is 136 cm³/mol. The van der Waals surface area contributed by atoms with Gasteiger partial charge in [-0.25, -0.2) is 0 Å². The standard InChI is InChI=1S/C26H22ClF3N2O2S/c1-2-23(25(34)32-22-13-12-18(27)15-21(22)26(28,29)30)35-20-10-6-9-19(16-20)31-24(33)14-11-17-7-4-3-5-8-17/h3-16,23H,2H2,1H3,(H,31,33)(H,32,34)/b14-11+. The van der Waals surface area contributed by atoms with E-state index in [2.05, 4.69) is 10.6 Å².